The summed E-state index contributed by atoms with van der Waals surface area (Å²) in [7, 11) is 0. The first-order valence-corrected chi connectivity index (χ1v) is 6.74. The number of thiazole rings is 1. The SMILES string of the molecule is OC(c1cnc(C(F)(F)F)s1)C1CCSC1. The highest BCUT2D eigenvalue weighted by molar-refractivity contribution is 7.99. The monoisotopic (exact) mass is 269 g/mol. The Bertz CT molecular complexity index is 360. The first kappa shape index (κ1) is 12.2. The van der Waals surface area contributed by atoms with Crippen LogP contribution in [0.1, 0.15) is 22.4 Å². The van der Waals surface area contributed by atoms with E-state index in [1.54, 1.807) is 11.8 Å². The molecule has 1 aromatic heterocycles. The molecule has 1 fully saturated rings. The van der Waals surface area contributed by atoms with Gasteiger partial charge in [-0.2, -0.15) is 24.9 Å². The van der Waals surface area contributed by atoms with Crippen LogP contribution in [0.3, 0.4) is 0 Å². The topological polar surface area (TPSA) is 33.1 Å². The molecule has 0 saturated carbocycles. The first-order chi connectivity index (χ1) is 7.48. The minimum Gasteiger partial charge on any atom is -0.387 e. The van der Waals surface area contributed by atoms with Crippen molar-refractivity contribution in [1.29, 1.82) is 0 Å². The second-order valence-electron chi connectivity index (χ2n) is 3.63. The number of aromatic nitrogens is 1. The number of nitrogens with zero attached hydrogens (tertiary/aromatic N) is 1. The van der Waals surface area contributed by atoms with Gasteiger partial charge in [-0.3, -0.25) is 0 Å². The Balaban J connectivity index is 2.12. The zero-order valence-corrected chi connectivity index (χ0v) is 9.83. The molecule has 0 amide bonds. The van der Waals surface area contributed by atoms with Crippen LogP contribution >= 0.6 is 23.1 Å². The molecule has 16 heavy (non-hydrogen) atoms. The van der Waals surface area contributed by atoms with Crippen molar-refractivity contribution in [3.8, 4) is 0 Å². The molecule has 7 heteroatoms. The normalized spacial score (nSPS) is 23.6. The summed E-state index contributed by atoms with van der Waals surface area (Å²) >= 11 is 2.26. The van der Waals surface area contributed by atoms with Crippen molar-refractivity contribution in [2.24, 2.45) is 5.92 Å². The van der Waals surface area contributed by atoms with Gasteiger partial charge in [-0.1, -0.05) is 0 Å². The van der Waals surface area contributed by atoms with Gasteiger partial charge in [-0.15, -0.1) is 11.3 Å². The number of hydrogen-bond donors (Lipinski definition) is 1. The molecule has 2 rings (SSSR count). The lowest BCUT2D eigenvalue weighted by molar-refractivity contribution is -0.137. The fraction of sp³-hybridized carbons (Fsp3) is 0.667. The van der Waals surface area contributed by atoms with E-state index in [4.69, 9.17) is 0 Å². The molecular formula is C9H10F3NOS2. The summed E-state index contributed by atoms with van der Waals surface area (Å²) < 4.78 is 36.9. The van der Waals surface area contributed by atoms with Gasteiger partial charge in [0.15, 0.2) is 5.01 Å². The van der Waals surface area contributed by atoms with Crippen molar-refractivity contribution in [2.45, 2.75) is 18.7 Å². The van der Waals surface area contributed by atoms with Gasteiger partial charge >= 0.3 is 6.18 Å². The maximum Gasteiger partial charge on any atom is 0.443 e. The van der Waals surface area contributed by atoms with Crippen LogP contribution in [0.2, 0.25) is 0 Å². The standard InChI is InChI=1S/C9H10F3NOS2/c10-9(11,12)8-13-3-6(16-8)7(14)5-1-2-15-4-5/h3,5,7,14H,1-2,4H2. The van der Waals surface area contributed by atoms with Gasteiger partial charge in [0.2, 0.25) is 0 Å². The predicted molar refractivity (Wildman–Crippen MR) is 57.5 cm³/mol. The van der Waals surface area contributed by atoms with Crippen LogP contribution in [0.25, 0.3) is 0 Å². The van der Waals surface area contributed by atoms with Gasteiger partial charge in [0.05, 0.1) is 11.0 Å². The van der Waals surface area contributed by atoms with E-state index >= 15 is 0 Å². The van der Waals surface area contributed by atoms with E-state index in [0.717, 1.165) is 24.1 Å². The fourth-order valence-electron chi connectivity index (χ4n) is 1.59. The number of hydrogen-bond acceptors (Lipinski definition) is 4. The Morgan fingerprint density at radius 1 is 1.50 bits per heavy atom. The molecule has 0 aliphatic carbocycles. The lowest BCUT2D eigenvalue weighted by Gasteiger charge is -2.14. The van der Waals surface area contributed by atoms with Gasteiger partial charge in [-0.25, -0.2) is 4.98 Å². The number of thioether (sulfide) groups is 1. The largest absolute Gasteiger partial charge is 0.443 e. The predicted octanol–water partition coefficient (Wildman–Crippen LogP) is 2.95. The number of alkyl halides is 3. The molecule has 2 heterocycles. The van der Waals surface area contributed by atoms with Gasteiger partial charge in [0.25, 0.3) is 0 Å². The van der Waals surface area contributed by atoms with Crippen molar-refractivity contribution >= 4 is 23.1 Å². The van der Waals surface area contributed by atoms with E-state index in [1.165, 1.54) is 0 Å². The van der Waals surface area contributed by atoms with Gasteiger partial charge in [0, 0.05) is 6.20 Å². The smallest absolute Gasteiger partial charge is 0.387 e. The fourth-order valence-corrected chi connectivity index (χ4v) is 3.74. The third-order valence-electron chi connectivity index (χ3n) is 2.47. The Labute approximate surface area is 98.9 Å². The highest BCUT2D eigenvalue weighted by atomic mass is 32.2. The third kappa shape index (κ3) is 2.52. The van der Waals surface area contributed by atoms with Crippen LogP contribution in [0.5, 0.6) is 0 Å². The van der Waals surface area contributed by atoms with Crippen molar-refractivity contribution < 1.29 is 18.3 Å². The minimum absolute atomic E-state index is 0.0616. The van der Waals surface area contributed by atoms with E-state index in [-0.39, 0.29) is 5.92 Å². The van der Waals surface area contributed by atoms with Crippen molar-refractivity contribution in [3.05, 3.63) is 16.1 Å². The summed E-state index contributed by atoms with van der Waals surface area (Å²) in [6, 6.07) is 0. The average molecular weight is 269 g/mol. The Morgan fingerprint density at radius 3 is 2.75 bits per heavy atom. The maximum atomic E-state index is 12.3. The molecule has 0 aromatic carbocycles. The molecule has 0 radical (unpaired) electrons. The molecule has 1 aromatic rings. The highest BCUT2D eigenvalue weighted by Gasteiger charge is 2.36. The molecule has 0 bridgehead atoms. The van der Waals surface area contributed by atoms with Crippen LogP contribution in [0.15, 0.2) is 6.20 Å². The van der Waals surface area contributed by atoms with E-state index < -0.39 is 17.3 Å². The Hall–Kier alpha value is -0.270. The van der Waals surface area contributed by atoms with Crippen LogP contribution in [-0.2, 0) is 6.18 Å². The van der Waals surface area contributed by atoms with E-state index in [0.29, 0.717) is 16.2 Å². The summed E-state index contributed by atoms with van der Waals surface area (Å²) in [5, 5.41) is 9.01. The third-order valence-corrected chi connectivity index (χ3v) is 4.77. The number of aliphatic hydroxyl groups excluding tert-OH is 1. The van der Waals surface area contributed by atoms with Crippen molar-refractivity contribution in [3.63, 3.8) is 0 Å². The van der Waals surface area contributed by atoms with Crippen molar-refractivity contribution in [1.82, 2.24) is 4.98 Å². The van der Waals surface area contributed by atoms with Crippen molar-refractivity contribution in [2.75, 3.05) is 11.5 Å². The lowest BCUT2D eigenvalue weighted by atomic mass is 10.0. The molecule has 1 aliphatic rings. The molecule has 2 nitrogen and oxygen atoms in total. The van der Waals surface area contributed by atoms with E-state index in [2.05, 4.69) is 4.98 Å². The summed E-state index contributed by atoms with van der Waals surface area (Å²) in [6.45, 7) is 0. The molecule has 0 spiro atoms. The zero-order valence-electron chi connectivity index (χ0n) is 8.20. The van der Waals surface area contributed by atoms with Gasteiger partial charge in [-0.05, 0) is 23.8 Å². The van der Waals surface area contributed by atoms with E-state index in [9.17, 15) is 18.3 Å². The van der Waals surface area contributed by atoms with Crippen LogP contribution in [0, 0.1) is 5.92 Å². The summed E-state index contributed by atoms with van der Waals surface area (Å²) in [6.07, 6.45) is -3.22. The summed E-state index contributed by atoms with van der Waals surface area (Å²) in [5.74, 6) is 1.83. The Kier molecular flexibility index (Phi) is 3.46. The second-order valence-corrected chi connectivity index (χ2v) is 5.85. The second kappa shape index (κ2) is 4.54. The molecule has 1 saturated heterocycles. The Morgan fingerprint density at radius 2 is 2.25 bits per heavy atom. The molecular weight excluding hydrogens is 259 g/mol. The zero-order chi connectivity index (χ0) is 11.8. The van der Waals surface area contributed by atoms with Crippen LogP contribution in [-0.4, -0.2) is 21.6 Å². The summed E-state index contributed by atoms with van der Waals surface area (Å²) in [5.41, 5.74) is 0. The lowest BCUT2D eigenvalue weighted by Crippen LogP contribution is -2.10. The highest BCUT2D eigenvalue weighted by Crippen LogP contribution is 2.39. The van der Waals surface area contributed by atoms with Gasteiger partial charge < -0.3 is 5.11 Å². The van der Waals surface area contributed by atoms with Crippen LogP contribution in [0.4, 0.5) is 13.2 Å². The van der Waals surface area contributed by atoms with Gasteiger partial charge in [0.1, 0.15) is 0 Å². The molecule has 1 aliphatic heterocycles. The number of aliphatic hydroxyl groups is 1. The summed E-state index contributed by atoms with van der Waals surface area (Å²) in [4.78, 5) is 3.63. The minimum atomic E-state index is -4.41. The maximum absolute atomic E-state index is 12.3. The molecule has 1 N–H and O–H groups in total. The molecule has 2 unspecified atom stereocenters. The average Bonchev–Trinajstić information content (AvgIpc) is 2.87. The number of rotatable bonds is 2. The quantitative estimate of drug-likeness (QED) is 0.896. The van der Waals surface area contributed by atoms with Crippen LogP contribution < -0.4 is 0 Å². The number of halogens is 3. The van der Waals surface area contributed by atoms with E-state index in [1.807, 2.05) is 0 Å². The molecule has 90 valence electrons. The first-order valence-electron chi connectivity index (χ1n) is 4.77. The molecule has 2 atom stereocenters.